The molecule has 0 atom stereocenters. The Morgan fingerprint density at radius 3 is 1.97 bits per heavy atom. The van der Waals surface area contributed by atoms with E-state index >= 15 is 0 Å². The normalized spacial score (nSPS) is 11.2. The molecule has 1 N–H and O–H groups in total. The molecule has 30 heavy (non-hydrogen) atoms. The molecule has 0 heterocycles. The van der Waals surface area contributed by atoms with E-state index in [1.54, 1.807) is 36.2 Å². The number of nitrogens with zero attached hydrogens (tertiary/aromatic N) is 1. The van der Waals surface area contributed by atoms with Crippen LogP contribution in [0, 0.1) is 0 Å². The number of amides is 1. The molecule has 156 valence electrons. The van der Waals surface area contributed by atoms with E-state index in [-0.39, 0.29) is 17.3 Å². The summed E-state index contributed by atoms with van der Waals surface area (Å²) >= 11 is 0. The third kappa shape index (κ3) is 6.27. The summed E-state index contributed by atoms with van der Waals surface area (Å²) in [5.41, 5.74) is 2.92. The number of hydrogen-bond donors (Lipinski definition) is 1. The molecule has 0 unspecified atom stereocenters. The molecule has 3 aromatic rings. The number of carbonyl (C=O) groups excluding carboxylic acids is 1. The topological polar surface area (TPSA) is 66.5 Å². The minimum atomic E-state index is -3.58. The molecule has 3 rings (SSSR count). The molecule has 3 aromatic carbocycles. The Balaban J connectivity index is 1.51. The molecule has 0 aliphatic heterocycles. The molecule has 0 aromatic heterocycles. The number of rotatable bonds is 9. The monoisotopic (exact) mass is 422 g/mol. The van der Waals surface area contributed by atoms with Gasteiger partial charge in [-0.05, 0) is 35.2 Å². The molecule has 5 nitrogen and oxygen atoms in total. The summed E-state index contributed by atoms with van der Waals surface area (Å²) in [5.74, 6) is 0.0556. The van der Waals surface area contributed by atoms with Crippen molar-refractivity contribution >= 4 is 15.9 Å². The van der Waals surface area contributed by atoms with Gasteiger partial charge in [0.25, 0.3) is 0 Å². The van der Waals surface area contributed by atoms with E-state index in [0.717, 1.165) is 16.7 Å². The first kappa shape index (κ1) is 21.7. The van der Waals surface area contributed by atoms with Gasteiger partial charge in [0.1, 0.15) is 0 Å². The molecule has 0 radical (unpaired) electrons. The largest absolute Gasteiger partial charge is 0.341 e. The van der Waals surface area contributed by atoms with E-state index in [9.17, 15) is 13.2 Å². The molecular weight excluding hydrogens is 396 g/mol. The second-order valence-electron chi connectivity index (χ2n) is 7.19. The van der Waals surface area contributed by atoms with E-state index in [4.69, 9.17) is 0 Å². The molecule has 0 fully saturated rings. The number of carbonyl (C=O) groups is 1. The van der Waals surface area contributed by atoms with E-state index in [0.29, 0.717) is 19.4 Å². The quantitative estimate of drug-likeness (QED) is 0.571. The van der Waals surface area contributed by atoms with Crippen LogP contribution in [0.3, 0.4) is 0 Å². The molecule has 0 aliphatic rings. The maximum Gasteiger partial charge on any atom is 0.240 e. The highest BCUT2D eigenvalue weighted by Crippen LogP contribution is 2.13. The van der Waals surface area contributed by atoms with Crippen LogP contribution in [-0.4, -0.2) is 26.3 Å². The summed E-state index contributed by atoms with van der Waals surface area (Å²) in [6, 6.07) is 25.9. The van der Waals surface area contributed by atoms with Crippen LogP contribution in [0.2, 0.25) is 0 Å². The van der Waals surface area contributed by atoms with Gasteiger partial charge in [-0.2, -0.15) is 0 Å². The molecule has 0 saturated heterocycles. The lowest BCUT2D eigenvalue weighted by Gasteiger charge is -2.17. The number of aryl methyl sites for hydroxylation is 1. The highest BCUT2D eigenvalue weighted by molar-refractivity contribution is 7.89. The summed E-state index contributed by atoms with van der Waals surface area (Å²) < 4.78 is 27.6. The van der Waals surface area contributed by atoms with E-state index in [2.05, 4.69) is 4.72 Å². The lowest BCUT2D eigenvalue weighted by Crippen LogP contribution is -2.26. The Labute approximate surface area is 178 Å². The van der Waals surface area contributed by atoms with Crippen LogP contribution in [0.5, 0.6) is 0 Å². The number of hydrogen-bond acceptors (Lipinski definition) is 3. The van der Waals surface area contributed by atoms with Crippen LogP contribution in [0.1, 0.15) is 23.1 Å². The van der Waals surface area contributed by atoms with Crippen molar-refractivity contribution in [2.24, 2.45) is 0 Å². The number of nitrogens with one attached hydrogen (secondary N) is 1. The van der Waals surface area contributed by atoms with Crippen molar-refractivity contribution in [3.63, 3.8) is 0 Å². The lowest BCUT2D eigenvalue weighted by molar-refractivity contribution is -0.130. The second kappa shape index (κ2) is 10.2. The smallest absolute Gasteiger partial charge is 0.240 e. The fourth-order valence-corrected chi connectivity index (χ4v) is 4.10. The van der Waals surface area contributed by atoms with Gasteiger partial charge in [0.15, 0.2) is 0 Å². The van der Waals surface area contributed by atoms with Gasteiger partial charge in [-0.25, -0.2) is 13.1 Å². The summed E-state index contributed by atoms with van der Waals surface area (Å²) in [6.07, 6.45) is 0.942. The Kier molecular flexibility index (Phi) is 7.38. The van der Waals surface area contributed by atoms with Crippen LogP contribution in [-0.2, 0) is 34.3 Å². The van der Waals surface area contributed by atoms with Gasteiger partial charge in [0.05, 0.1) is 4.90 Å². The van der Waals surface area contributed by atoms with Crippen molar-refractivity contribution in [2.45, 2.75) is 30.8 Å². The van der Waals surface area contributed by atoms with Crippen LogP contribution in [0.4, 0.5) is 0 Å². The van der Waals surface area contributed by atoms with Gasteiger partial charge in [-0.3, -0.25) is 4.79 Å². The summed E-state index contributed by atoms with van der Waals surface area (Å²) in [4.78, 5) is 14.3. The van der Waals surface area contributed by atoms with Crippen molar-refractivity contribution in [1.29, 1.82) is 0 Å². The van der Waals surface area contributed by atoms with Crippen LogP contribution >= 0.6 is 0 Å². The standard InChI is InChI=1S/C24H26N2O3S/c1-26(19-22-10-6-3-7-11-22)24(27)17-14-20-12-15-23(16-13-20)30(28,29)25-18-21-8-4-2-5-9-21/h2-13,15-16,25H,14,17-19H2,1H3. The van der Waals surface area contributed by atoms with Crippen LogP contribution in [0.15, 0.2) is 89.8 Å². The van der Waals surface area contributed by atoms with Gasteiger partial charge in [0, 0.05) is 26.6 Å². The highest BCUT2D eigenvalue weighted by Gasteiger charge is 2.14. The zero-order valence-electron chi connectivity index (χ0n) is 17.0. The third-order valence-electron chi connectivity index (χ3n) is 4.86. The van der Waals surface area contributed by atoms with Crippen LogP contribution < -0.4 is 4.72 Å². The molecular formula is C24H26N2O3S. The van der Waals surface area contributed by atoms with E-state index in [1.165, 1.54) is 0 Å². The molecule has 0 bridgehead atoms. The van der Waals surface area contributed by atoms with Crippen molar-refractivity contribution < 1.29 is 13.2 Å². The van der Waals surface area contributed by atoms with Crippen molar-refractivity contribution in [3.05, 3.63) is 102 Å². The summed E-state index contributed by atoms with van der Waals surface area (Å²) in [5, 5.41) is 0. The summed E-state index contributed by atoms with van der Waals surface area (Å²) in [7, 11) is -1.78. The van der Waals surface area contributed by atoms with Gasteiger partial charge in [-0.1, -0.05) is 72.8 Å². The molecule has 6 heteroatoms. The SMILES string of the molecule is CN(Cc1ccccc1)C(=O)CCc1ccc(S(=O)(=O)NCc2ccccc2)cc1. The van der Waals surface area contributed by atoms with Gasteiger partial charge >= 0.3 is 0 Å². The first-order valence-electron chi connectivity index (χ1n) is 9.84. The first-order chi connectivity index (χ1) is 14.4. The van der Waals surface area contributed by atoms with Crippen molar-refractivity contribution in [3.8, 4) is 0 Å². The number of sulfonamides is 1. The maximum atomic E-state index is 12.5. The lowest BCUT2D eigenvalue weighted by atomic mass is 10.1. The van der Waals surface area contributed by atoms with Gasteiger partial charge in [-0.15, -0.1) is 0 Å². The van der Waals surface area contributed by atoms with Gasteiger partial charge in [0.2, 0.25) is 15.9 Å². The Hall–Kier alpha value is -2.96. The predicted octanol–water partition coefficient (Wildman–Crippen LogP) is 3.76. The second-order valence-corrected chi connectivity index (χ2v) is 8.96. The summed E-state index contributed by atoms with van der Waals surface area (Å²) in [6.45, 7) is 0.817. The van der Waals surface area contributed by atoms with Crippen molar-refractivity contribution in [2.75, 3.05) is 7.05 Å². The molecule has 0 aliphatic carbocycles. The molecule has 1 amide bonds. The average molecular weight is 423 g/mol. The third-order valence-corrected chi connectivity index (χ3v) is 6.28. The average Bonchev–Trinajstić information content (AvgIpc) is 2.78. The minimum Gasteiger partial charge on any atom is -0.341 e. The predicted molar refractivity (Wildman–Crippen MR) is 118 cm³/mol. The minimum absolute atomic E-state index is 0.0556. The van der Waals surface area contributed by atoms with Crippen molar-refractivity contribution in [1.82, 2.24) is 9.62 Å². The Bertz CT molecular complexity index is 1050. The zero-order valence-corrected chi connectivity index (χ0v) is 17.8. The zero-order chi connectivity index (χ0) is 21.4. The highest BCUT2D eigenvalue weighted by atomic mass is 32.2. The maximum absolute atomic E-state index is 12.5. The van der Waals surface area contributed by atoms with Crippen LogP contribution in [0.25, 0.3) is 0 Å². The van der Waals surface area contributed by atoms with E-state index in [1.807, 2.05) is 60.7 Å². The van der Waals surface area contributed by atoms with E-state index < -0.39 is 10.0 Å². The fraction of sp³-hybridized carbons (Fsp3) is 0.208. The molecule has 0 saturated carbocycles. The fourth-order valence-electron chi connectivity index (χ4n) is 3.08. The first-order valence-corrected chi connectivity index (χ1v) is 11.3. The van der Waals surface area contributed by atoms with Gasteiger partial charge < -0.3 is 4.90 Å². The number of benzene rings is 3. The Morgan fingerprint density at radius 2 is 1.37 bits per heavy atom. The molecule has 0 spiro atoms. The Morgan fingerprint density at radius 1 is 0.800 bits per heavy atom.